The van der Waals surface area contributed by atoms with Crippen LogP contribution in [-0.2, 0) is 0 Å². The summed E-state index contributed by atoms with van der Waals surface area (Å²) in [4.78, 5) is 2.63. The van der Waals surface area contributed by atoms with E-state index < -0.39 is 0 Å². The maximum absolute atomic E-state index is 2.63. The van der Waals surface area contributed by atoms with Crippen molar-refractivity contribution in [2.75, 3.05) is 13.1 Å². The van der Waals surface area contributed by atoms with Crippen molar-refractivity contribution in [2.45, 2.75) is 32.6 Å². The zero-order chi connectivity index (χ0) is 15.2. The maximum Gasteiger partial charge on any atom is 0.0235 e. The van der Waals surface area contributed by atoms with Crippen molar-refractivity contribution in [1.82, 2.24) is 4.90 Å². The number of benzene rings is 1. The number of nitrogens with zero attached hydrogens (tertiary/aromatic N) is 1. The first-order valence-corrected chi connectivity index (χ1v) is 8.75. The van der Waals surface area contributed by atoms with E-state index >= 15 is 0 Å². The second kappa shape index (κ2) is 7.49. The summed E-state index contributed by atoms with van der Waals surface area (Å²) < 4.78 is 0. The van der Waals surface area contributed by atoms with Crippen molar-refractivity contribution < 1.29 is 0 Å². The lowest BCUT2D eigenvalue weighted by molar-refractivity contribution is 0.226. The van der Waals surface area contributed by atoms with Gasteiger partial charge in [-0.15, -0.1) is 0 Å². The molecule has 116 valence electrons. The Bertz CT molecular complexity index is 553. The van der Waals surface area contributed by atoms with Gasteiger partial charge in [-0.25, -0.2) is 0 Å². The standard InChI is InChI=1S/C21H27N/c1-2-3-9-15-22-16-14-19-12-7-8-13-20(19)21(22)17-18-10-5-4-6-11-18/h4-8,10-13,17,19-20H,2-3,9,14-16H2,1H3. The molecule has 0 aromatic heterocycles. The van der Waals surface area contributed by atoms with Crippen LogP contribution in [0.4, 0.5) is 0 Å². The van der Waals surface area contributed by atoms with E-state index in [2.05, 4.69) is 72.5 Å². The van der Waals surface area contributed by atoms with E-state index in [1.807, 2.05) is 0 Å². The van der Waals surface area contributed by atoms with Gasteiger partial charge < -0.3 is 4.90 Å². The number of allylic oxidation sites excluding steroid dienone is 4. The van der Waals surface area contributed by atoms with Crippen LogP contribution >= 0.6 is 0 Å². The Morgan fingerprint density at radius 3 is 2.73 bits per heavy atom. The lowest BCUT2D eigenvalue weighted by Gasteiger charge is -2.41. The molecule has 1 nitrogen and oxygen atoms in total. The summed E-state index contributed by atoms with van der Waals surface area (Å²) >= 11 is 0. The van der Waals surface area contributed by atoms with E-state index in [0.717, 1.165) is 0 Å². The van der Waals surface area contributed by atoms with Crippen LogP contribution in [0.1, 0.15) is 38.2 Å². The minimum absolute atomic E-state index is 0.556. The summed E-state index contributed by atoms with van der Waals surface area (Å²) in [6.45, 7) is 4.68. The van der Waals surface area contributed by atoms with E-state index in [1.54, 1.807) is 0 Å². The first kappa shape index (κ1) is 15.1. The molecule has 1 fully saturated rings. The van der Waals surface area contributed by atoms with Crippen LogP contribution in [0, 0.1) is 11.8 Å². The highest BCUT2D eigenvalue weighted by Gasteiger charge is 2.30. The average Bonchev–Trinajstić information content (AvgIpc) is 2.58. The lowest BCUT2D eigenvalue weighted by Crippen LogP contribution is -2.38. The van der Waals surface area contributed by atoms with Gasteiger partial charge in [0.15, 0.2) is 0 Å². The molecular formula is C21H27N. The van der Waals surface area contributed by atoms with Crippen LogP contribution in [0.15, 0.2) is 60.3 Å². The minimum atomic E-state index is 0.556. The fourth-order valence-electron chi connectivity index (χ4n) is 3.59. The highest BCUT2D eigenvalue weighted by Crippen LogP contribution is 2.37. The van der Waals surface area contributed by atoms with Crippen LogP contribution in [0.25, 0.3) is 6.08 Å². The molecule has 0 bridgehead atoms. The smallest absolute Gasteiger partial charge is 0.0235 e. The number of hydrogen-bond acceptors (Lipinski definition) is 1. The van der Waals surface area contributed by atoms with Crippen molar-refractivity contribution in [2.24, 2.45) is 11.8 Å². The zero-order valence-electron chi connectivity index (χ0n) is 13.6. The van der Waals surface area contributed by atoms with Crippen LogP contribution in [0.3, 0.4) is 0 Å². The molecule has 1 aliphatic carbocycles. The van der Waals surface area contributed by atoms with Gasteiger partial charge in [0.05, 0.1) is 0 Å². The fraction of sp³-hybridized carbons (Fsp3) is 0.429. The maximum atomic E-state index is 2.63. The van der Waals surface area contributed by atoms with Crippen molar-refractivity contribution in [3.05, 3.63) is 65.9 Å². The van der Waals surface area contributed by atoms with E-state index in [9.17, 15) is 0 Å². The largest absolute Gasteiger partial charge is 0.374 e. The highest BCUT2D eigenvalue weighted by atomic mass is 15.1. The van der Waals surface area contributed by atoms with E-state index in [1.165, 1.54) is 50.0 Å². The summed E-state index contributed by atoms with van der Waals surface area (Å²) in [5.74, 6) is 1.24. The molecule has 0 saturated carbocycles. The number of likely N-dealkylation sites (tertiary alicyclic amines) is 1. The van der Waals surface area contributed by atoms with Crippen LogP contribution in [-0.4, -0.2) is 18.0 Å². The Labute approximate surface area is 135 Å². The second-order valence-corrected chi connectivity index (χ2v) is 6.42. The summed E-state index contributed by atoms with van der Waals surface area (Å²) in [5, 5.41) is 0. The summed E-state index contributed by atoms with van der Waals surface area (Å²) in [6, 6.07) is 10.8. The van der Waals surface area contributed by atoms with Crippen LogP contribution < -0.4 is 0 Å². The van der Waals surface area contributed by atoms with Gasteiger partial charge in [0, 0.05) is 24.7 Å². The Morgan fingerprint density at radius 1 is 1.09 bits per heavy atom. The molecule has 1 aromatic rings. The van der Waals surface area contributed by atoms with Gasteiger partial charge in [-0.2, -0.15) is 0 Å². The lowest BCUT2D eigenvalue weighted by atomic mass is 9.79. The van der Waals surface area contributed by atoms with Gasteiger partial charge in [-0.1, -0.05) is 74.4 Å². The van der Waals surface area contributed by atoms with Crippen LogP contribution in [0.2, 0.25) is 0 Å². The molecule has 2 atom stereocenters. The monoisotopic (exact) mass is 293 g/mol. The summed E-state index contributed by atoms with van der Waals surface area (Å²) in [7, 11) is 0. The third kappa shape index (κ3) is 3.52. The zero-order valence-corrected chi connectivity index (χ0v) is 13.6. The Hall–Kier alpha value is -1.76. The predicted octanol–water partition coefficient (Wildman–Crippen LogP) is 5.28. The highest BCUT2D eigenvalue weighted by molar-refractivity contribution is 5.54. The molecule has 1 heterocycles. The number of piperidine rings is 1. The normalized spacial score (nSPS) is 25.5. The molecule has 22 heavy (non-hydrogen) atoms. The Morgan fingerprint density at radius 2 is 1.91 bits per heavy atom. The van der Waals surface area contributed by atoms with Crippen molar-refractivity contribution in [1.29, 1.82) is 0 Å². The molecule has 1 saturated heterocycles. The molecule has 0 spiro atoms. The molecule has 0 radical (unpaired) electrons. The minimum Gasteiger partial charge on any atom is -0.374 e. The van der Waals surface area contributed by atoms with Gasteiger partial charge in [0.2, 0.25) is 0 Å². The Balaban J connectivity index is 1.84. The number of hydrogen-bond donors (Lipinski definition) is 0. The molecule has 0 amide bonds. The summed E-state index contributed by atoms with van der Waals surface area (Å²) in [5.41, 5.74) is 2.83. The van der Waals surface area contributed by atoms with Crippen LogP contribution in [0.5, 0.6) is 0 Å². The third-order valence-corrected chi connectivity index (χ3v) is 4.83. The molecule has 1 aromatic carbocycles. The number of rotatable bonds is 5. The number of unbranched alkanes of at least 4 members (excludes halogenated alkanes) is 2. The van der Waals surface area contributed by atoms with Gasteiger partial charge >= 0.3 is 0 Å². The third-order valence-electron chi connectivity index (χ3n) is 4.83. The molecule has 0 N–H and O–H groups in total. The van der Waals surface area contributed by atoms with Gasteiger partial charge in [-0.3, -0.25) is 0 Å². The van der Waals surface area contributed by atoms with E-state index in [4.69, 9.17) is 0 Å². The van der Waals surface area contributed by atoms with Crippen molar-refractivity contribution >= 4 is 6.08 Å². The molecule has 2 aliphatic rings. The predicted molar refractivity (Wildman–Crippen MR) is 95.4 cm³/mol. The molecule has 3 rings (SSSR count). The number of fused-ring (bicyclic) bond motifs is 1. The Kier molecular flexibility index (Phi) is 5.15. The molecular weight excluding hydrogens is 266 g/mol. The second-order valence-electron chi connectivity index (χ2n) is 6.42. The summed E-state index contributed by atoms with van der Waals surface area (Å²) in [6.07, 6.45) is 16.8. The molecule has 1 heteroatoms. The van der Waals surface area contributed by atoms with Gasteiger partial charge in [-0.05, 0) is 30.4 Å². The topological polar surface area (TPSA) is 3.24 Å². The quantitative estimate of drug-likeness (QED) is 0.667. The van der Waals surface area contributed by atoms with Gasteiger partial charge in [0.25, 0.3) is 0 Å². The fourth-order valence-corrected chi connectivity index (χ4v) is 3.59. The molecule has 2 unspecified atom stereocenters. The van der Waals surface area contributed by atoms with E-state index in [-0.39, 0.29) is 0 Å². The van der Waals surface area contributed by atoms with Crippen molar-refractivity contribution in [3.63, 3.8) is 0 Å². The first-order valence-electron chi connectivity index (χ1n) is 8.75. The average molecular weight is 293 g/mol. The van der Waals surface area contributed by atoms with Crippen molar-refractivity contribution in [3.8, 4) is 0 Å². The van der Waals surface area contributed by atoms with E-state index in [0.29, 0.717) is 11.8 Å². The SMILES string of the molecule is CCCCCN1CCC2C=CC=CC2C1=Cc1ccccc1. The molecule has 1 aliphatic heterocycles. The first-order chi connectivity index (χ1) is 10.9. The van der Waals surface area contributed by atoms with Gasteiger partial charge in [0.1, 0.15) is 0 Å².